The number of fused-ring (bicyclic) bond motifs is 1. The first-order valence-electron chi connectivity index (χ1n) is 13.6. The molecule has 7 heteroatoms. The number of hydrogen-bond donors (Lipinski definition) is 2. The molecule has 1 fully saturated rings. The lowest BCUT2D eigenvalue weighted by Gasteiger charge is -2.37. The van der Waals surface area contributed by atoms with E-state index in [0.29, 0.717) is 6.04 Å². The number of hydrogen-bond acceptors (Lipinski definition) is 6. The lowest BCUT2D eigenvalue weighted by atomic mass is 9.86. The molecule has 0 amide bonds. The number of anilines is 3. The van der Waals surface area contributed by atoms with E-state index >= 15 is 0 Å². The van der Waals surface area contributed by atoms with Crippen molar-refractivity contribution in [3.05, 3.63) is 71.5 Å². The Balaban J connectivity index is 1.39. The lowest BCUT2D eigenvalue weighted by molar-refractivity contribution is 0.249. The van der Waals surface area contributed by atoms with Crippen molar-refractivity contribution in [1.82, 2.24) is 9.88 Å². The van der Waals surface area contributed by atoms with Gasteiger partial charge in [0.2, 0.25) is 0 Å². The monoisotopic (exact) mass is 514 g/mol. The third-order valence-electron chi connectivity index (χ3n) is 8.00. The molecule has 1 atom stereocenters. The van der Waals surface area contributed by atoms with Crippen LogP contribution < -0.4 is 20.3 Å². The molecule has 1 saturated heterocycles. The number of aromatic amines is 1. The van der Waals surface area contributed by atoms with Gasteiger partial charge in [0.15, 0.2) is 6.29 Å². The number of methoxy groups -OCH3 is 1. The fourth-order valence-electron chi connectivity index (χ4n) is 5.64. The smallest absolute Gasteiger partial charge is 0.178 e. The van der Waals surface area contributed by atoms with Crippen LogP contribution in [0, 0.1) is 0 Å². The maximum atomic E-state index is 6.71. The highest BCUT2D eigenvalue weighted by molar-refractivity contribution is 6.07. The fourth-order valence-corrected chi connectivity index (χ4v) is 5.64. The highest BCUT2D eigenvalue weighted by atomic mass is 16.5. The van der Waals surface area contributed by atoms with Crippen molar-refractivity contribution in [2.45, 2.75) is 57.8 Å². The van der Waals surface area contributed by atoms with Crippen LogP contribution in [0.2, 0.25) is 0 Å². The van der Waals surface area contributed by atoms with Crippen LogP contribution in [0.25, 0.3) is 0 Å². The Morgan fingerprint density at radius 1 is 1.03 bits per heavy atom. The van der Waals surface area contributed by atoms with Crippen molar-refractivity contribution in [1.29, 1.82) is 0 Å². The van der Waals surface area contributed by atoms with Crippen LogP contribution in [-0.4, -0.2) is 62.2 Å². The molecule has 0 aliphatic carbocycles. The number of ether oxygens (including phenoxy) is 1. The summed E-state index contributed by atoms with van der Waals surface area (Å²) in [6, 6.07) is 18.0. The number of benzene rings is 2. The minimum Gasteiger partial charge on any atom is -0.494 e. The molecule has 2 aliphatic heterocycles. The number of nitrogens with two attached hydrogens (primary N) is 1. The summed E-state index contributed by atoms with van der Waals surface area (Å²) in [5.74, 6) is 0.802. The van der Waals surface area contributed by atoms with Crippen molar-refractivity contribution in [3.63, 3.8) is 0 Å². The van der Waals surface area contributed by atoms with Gasteiger partial charge in [-0.25, -0.2) is 4.99 Å². The first-order valence-corrected chi connectivity index (χ1v) is 13.6. The molecule has 3 N–H and O–H groups in total. The van der Waals surface area contributed by atoms with Crippen LogP contribution in [0.15, 0.2) is 59.7 Å². The Hall–Kier alpha value is -3.29. The normalized spacial score (nSPS) is 18.5. The lowest BCUT2D eigenvalue weighted by Crippen LogP contribution is -2.42. The highest BCUT2D eigenvalue weighted by Crippen LogP contribution is 2.41. The minimum atomic E-state index is -0.544. The van der Waals surface area contributed by atoms with E-state index in [2.05, 4.69) is 103 Å². The van der Waals surface area contributed by atoms with E-state index < -0.39 is 6.29 Å². The molecule has 1 unspecified atom stereocenters. The van der Waals surface area contributed by atoms with E-state index in [4.69, 9.17) is 15.5 Å². The number of rotatable bonds is 6. The molecule has 202 valence electrons. The number of nitrogens with one attached hydrogen (secondary N) is 1. The third kappa shape index (κ3) is 5.18. The topological polar surface area (TPSA) is 73.1 Å². The van der Waals surface area contributed by atoms with Gasteiger partial charge in [0.1, 0.15) is 5.75 Å². The molecule has 0 bridgehead atoms. The second-order valence-electron chi connectivity index (χ2n) is 11.8. The molecule has 3 heterocycles. The van der Waals surface area contributed by atoms with Gasteiger partial charge in [0, 0.05) is 43.5 Å². The van der Waals surface area contributed by atoms with Crippen LogP contribution in [0.5, 0.6) is 5.75 Å². The number of H-pyrrole nitrogens is 1. The molecule has 38 heavy (non-hydrogen) atoms. The van der Waals surface area contributed by atoms with Gasteiger partial charge < -0.3 is 24.4 Å². The standard InChI is InChI=1S/C31H42N6O/c1-31(2,3)22-9-7-21(8-10-22)19-25-29-27(13-16-33-29)37(30(32)34-25)26-12-11-24(20-28(26)38-6)36-17-14-23(15-18-36)35(4)5/h7-13,16,20,23,30,33H,14-15,17-19,32H2,1-6H3. The molecule has 3 aromatic rings. The molecule has 0 spiro atoms. The molecule has 1 aromatic heterocycles. The van der Waals surface area contributed by atoms with Gasteiger partial charge in [0.25, 0.3) is 0 Å². The average molecular weight is 515 g/mol. The molecular formula is C31H42N6O. The Morgan fingerprint density at radius 3 is 2.37 bits per heavy atom. The first-order chi connectivity index (χ1) is 18.2. The Morgan fingerprint density at radius 2 is 1.74 bits per heavy atom. The highest BCUT2D eigenvalue weighted by Gasteiger charge is 2.30. The largest absolute Gasteiger partial charge is 0.494 e. The third-order valence-corrected chi connectivity index (χ3v) is 8.00. The molecule has 0 radical (unpaired) electrons. The fraction of sp³-hybridized carbons (Fsp3) is 0.452. The summed E-state index contributed by atoms with van der Waals surface area (Å²) in [7, 11) is 6.07. The van der Waals surface area contributed by atoms with Crippen LogP contribution in [0.1, 0.15) is 50.4 Å². The summed E-state index contributed by atoms with van der Waals surface area (Å²) in [5.41, 5.74) is 14.5. The zero-order chi connectivity index (χ0) is 27.0. The number of nitrogens with zero attached hydrogens (tertiary/aromatic N) is 4. The Bertz CT molecular complexity index is 1280. The molecule has 5 rings (SSSR count). The van der Waals surface area contributed by atoms with Gasteiger partial charge in [0.05, 0.1) is 29.9 Å². The first kappa shape index (κ1) is 26.3. The maximum absolute atomic E-state index is 6.71. The zero-order valence-electron chi connectivity index (χ0n) is 23.7. The SMILES string of the molecule is COc1cc(N2CCC(N(C)C)CC2)ccc1N1c2cc[nH]c2C(Cc2ccc(C(C)(C)C)cc2)=NC1N. The van der Waals surface area contributed by atoms with Crippen LogP contribution in [0.4, 0.5) is 17.1 Å². The molecule has 2 aromatic carbocycles. The van der Waals surface area contributed by atoms with Gasteiger partial charge in [-0.3, -0.25) is 5.73 Å². The average Bonchev–Trinajstić information content (AvgIpc) is 3.38. The van der Waals surface area contributed by atoms with Gasteiger partial charge in [-0.05, 0) is 61.7 Å². The summed E-state index contributed by atoms with van der Waals surface area (Å²) in [4.78, 5) is 15.2. The van der Waals surface area contributed by atoms with Gasteiger partial charge in [-0.15, -0.1) is 0 Å². The summed E-state index contributed by atoms with van der Waals surface area (Å²) in [5, 5.41) is 0. The predicted molar refractivity (Wildman–Crippen MR) is 158 cm³/mol. The van der Waals surface area contributed by atoms with Crippen molar-refractivity contribution in [3.8, 4) is 5.75 Å². The summed E-state index contributed by atoms with van der Waals surface area (Å²) in [6.45, 7) is 8.79. The van der Waals surface area contributed by atoms with E-state index in [1.54, 1.807) is 7.11 Å². The molecule has 2 aliphatic rings. The molecular weight excluding hydrogens is 472 g/mol. The van der Waals surface area contributed by atoms with E-state index in [9.17, 15) is 0 Å². The van der Waals surface area contributed by atoms with Crippen molar-refractivity contribution in [2.75, 3.05) is 44.1 Å². The van der Waals surface area contributed by atoms with E-state index in [1.807, 2.05) is 6.20 Å². The molecule has 7 nitrogen and oxygen atoms in total. The van der Waals surface area contributed by atoms with Crippen LogP contribution >= 0.6 is 0 Å². The van der Waals surface area contributed by atoms with Crippen molar-refractivity contribution in [2.24, 2.45) is 10.7 Å². The van der Waals surface area contributed by atoms with Crippen molar-refractivity contribution >= 4 is 22.8 Å². The number of aromatic nitrogens is 1. The number of aliphatic imine (C=N–C) groups is 1. The molecule has 0 saturated carbocycles. The van der Waals surface area contributed by atoms with Gasteiger partial charge in [-0.2, -0.15) is 0 Å². The predicted octanol–water partition coefficient (Wildman–Crippen LogP) is 5.28. The summed E-state index contributed by atoms with van der Waals surface area (Å²) < 4.78 is 5.90. The quantitative estimate of drug-likeness (QED) is 0.468. The zero-order valence-corrected chi connectivity index (χ0v) is 23.7. The van der Waals surface area contributed by atoms with Crippen LogP contribution in [-0.2, 0) is 11.8 Å². The summed E-state index contributed by atoms with van der Waals surface area (Å²) in [6.07, 6.45) is 4.47. The number of piperidine rings is 1. The maximum Gasteiger partial charge on any atom is 0.178 e. The van der Waals surface area contributed by atoms with Crippen molar-refractivity contribution < 1.29 is 4.74 Å². The van der Waals surface area contributed by atoms with E-state index in [-0.39, 0.29) is 5.41 Å². The summed E-state index contributed by atoms with van der Waals surface area (Å²) >= 11 is 0. The van der Waals surface area contributed by atoms with E-state index in [0.717, 1.165) is 60.9 Å². The Kier molecular flexibility index (Phi) is 7.25. The Labute approximate surface area is 227 Å². The van der Waals surface area contributed by atoms with Gasteiger partial charge >= 0.3 is 0 Å². The second-order valence-corrected chi connectivity index (χ2v) is 11.8. The van der Waals surface area contributed by atoms with Gasteiger partial charge in [-0.1, -0.05) is 45.0 Å². The minimum absolute atomic E-state index is 0.133. The van der Waals surface area contributed by atoms with Crippen LogP contribution in [0.3, 0.4) is 0 Å². The second kappa shape index (κ2) is 10.5. The van der Waals surface area contributed by atoms with E-state index in [1.165, 1.54) is 16.8 Å².